The van der Waals surface area contributed by atoms with Crippen molar-refractivity contribution < 1.29 is 27.5 Å². The van der Waals surface area contributed by atoms with Crippen LogP contribution in [0.1, 0.15) is 73.5 Å². The van der Waals surface area contributed by atoms with Crippen LogP contribution in [0, 0.1) is 0 Å². The summed E-state index contributed by atoms with van der Waals surface area (Å²) in [5, 5.41) is 5.42. The van der Waals surface area contributed by atoms with E-state index in [1.165, 1.54) is 6.07 Å². The zero-order chi connectivity index (χ0) is 27.2. The first-order chi connectivity index (χ1) is 17.4. The minimum absolute atomic E-state index is 0.0679. The number of unbranched alkanes of at least 4 members (excludes halogenated alkanes) is 1. The fraction of sp³-hybridized carbons (Fsp3) is 0.500. The number of benzene rings is 2. The molecule has 1 amide bonds. The Morgan fingerprint density at radius 3 is 2.46 bits per heavy atom. The van der Waals surface area contributed by atoms with Crippen molar-refractivity contribution in [3.63, 3.8) is 0 Å². The zero-order valence-electron chi connectivity index (χ0n) is 22.2. The predicted octanol–water partition coefficient (Wildman–Crippen LogP) is 4.66. The summed E-state index contributed by atoms with van der Waals surface area (Å²) in [5.41, 5.74) is 2.38. The summed E-state index contributed by atoms with van der Waals surface area (Å²) in [5.74, 6) is 0.642. The van der Waals surface area contributed by atoms with Crippen molar-refractivity contribution in [2.45, 2.75) is 76.2 Å². The standard InChI is InChI=1S/C28H38N2O6S/c1-28(2,3)36-27(32)30(17-15-20-10-5-6-14-25(20)35-4)16-8-7-13-24(31)22-18-21-11-9-12-23(21)26(19-22)37(29,33)34/h5-6,10,14,18-19H,7-9,11-13,15-17H2,1-4H3,(H2,29,33,34). The van der Waals surface area contributed by atoms with Gasteiger partial charge in [0.25, 0.3) is 0 Å². The zero-order valence-corrected chi connectivity index (χ0v) is 23.0. The number of aryl methyl sites for hydroxylation is 1. The van der Waals surface area contributed by atoms with Crippen LogP contribution in [0.15, 0.2) is 41.3 Å². The molecule has 0 aliphatic heterocycles. The number of Topliss-reactive ketones (excluding diaryl/α,β-unsaturated/α-hetero) is 1. The van der Waals surface area contributed by atoms with E-state index in [2.05, 4.69) is 0 Å². The summed E-state index contributed by atoms with van der Waals surface area (Å²) in [7, 11) is -2.28. The number of primary sulfonamides is 1. The summed E-state index contributed by atoms with van der Waals surface area (Å²) in [6.45, 7) is 6.37. The average molecular weight is 531 g/mol. The maximum absolute atomic E-state index is 12.9. The maximum atomic E-state index is 12.9. The second kappa shape index (κ2) is 12.1. The van der Waals surface area contributed by atoms with Crippen LogP contribution in [0.3, 0.4) is 0 Å². The van der Waals surface area contributed by atoms with Crippen LogP contribution >= 0.6 is 0 Å². The monoisotopic (exact) mass is 530 g/mol. The molecule has 9 heteroatoms. The lowest BCUT2D eigenvalue weighted by atomic mass is 10.0. The number of rotatable bonds is 11. The maximum Gasteiger partial charge on any atom is 0.410 e. The molecule has 2 aromatic rings. The third kappa shape index (κ3) is 8.04. The summed E-state index contributed by atoms with van der Waals surface area (Å²) in [6.07, 6.45) is 3.86. The van der Waals surface area contributed by atoms with Gasteiger partial charge < -0.3 is 14.4 Å². The number of hydrogen-bond acceptors (Lipinski definition) is 6. The molecule has 0 saturated carbocycles. The highest BCUT2D eigenvalue weighted by Crippen LogP contribution is 2.30. The fourth-order valence-corrected chi connectivity index (χ4v) is 5.47. The highest BCUT2D eigenvalue weighted by Gasteiger charge is 2.25. The van der Waals surface area contributed by atoms with Gasteiger partial charge in [-0.15, -0.1) is 0 Å². The molecule has 8 nitrogen and oxygen atoms in total. The molecule has 0 aromatic heterocycles. The Hall–Kier alpha value is -2.91. The molecular formula is C28H38N2O6S. The second-order valence-corrected chi connectivity index (χ2v) is 11.9. The molecule has 202 valence electrons. The van der Waals surface area contributed by atoms with Crippen molar-refractivity contribution in [1.29, 1.82) is 0 Å². The van der Waals surface area contributed by atoms with Gasteiger partial charge in [-0.05, 0) is 94.2 Å². The molecule has 0 saturated heterocycles. The molecule has 0 bridgehead atoms. The molecule has 0 unspecified atom stereocenters. The quantitative estimate of drug-likeness (QED) is 0.334. The fourth-order valence-electron chi connectivity index (χ4n) is 4.60. The molecule has 0 radical (unpaired) electrons. The van der Waals surface area contributed by atoms with Crippen molar-refractivity contribution in [3.05, 3.63) is 58.7 Å². The number of carbonyl (C=O) groups excluding carboxylic acids is 2. The van der Waals surface area contributed by atoms with E-state index in [9.17, 15) is 18.0 Å². The van der Waals surface area contributed by atoms with E-state index in [4.69, 9.17) is 14.6 Å². The van der Waals surface area contributed by atoms with E-state index in [-0.39, 0.29) is 17.1 Å². The molecule has 3 rings (SSSR count). The summed E-state index contributed by atoms with van der Waals surface area (Å²) >= 11 is 0. The Bertz CT molecular complexity index is 1230. The highest BCUT2D eigenvalue weighted by atomic mass is 32.2. The van der Waals surface area contributed by atoms with Gasteiger partial charge in [0, 0.05) is 25.1 Å². The first-order valence-electron chi connectivity index (χ1n) is 12.7. The number of amides is 1. The predicted molar refractivity (Wildman–Crippen MR) is 143 cm³/mol. The van der Waals surface area contributed by atoms with Crippen molar-refractivity contribution >= 4 is 21.9 Å². The minimum Gasteiger partial charge on any atom is -0.496 e. The van der Waals surface area contributed by atoms with E-state index >= 15 is 0 Å². The highest BCUT2D eigenvalue weighted by molar-refractivity contribution is 7.89. The largest absolute Gasteiger partial charge is 0.496 e. The van der Waals surface area contributed by atoms with Crippen molar-refractivity contribution in [2.24, 2.45) is 5.14 Å². The van der Waals surface area contributed by atoms with Gasteiger partial charge in [0.05, 0.1) is 12.0 Å². The van der Waals surface area contributed by atoms with Crippen molar-refractivity contribution in [1.82, 2.24) is 4.90 Å². The molecule has 1 aliphatic rings. The molecule has 0 atom stereocenters. The van der Waals surface area contributed by atoms with Crippen LogP contribution in [-0.2, 0) is 34.0 Å². The Kier molecular flexibility index (Phi) is 9.36. The first kappa shape index (κ1) is 28.7. The SMILES string of the molecule is COc1ccccc1CCN(CCCCC(=O)c1cc2c(c(S(N)(=O)=O)c1)CCC2)C(=O)OC(C)(C)C. The Morgan fingerprint density at radius 1 is 1.05 bits per heavy atom. The number of para-hydroxylation sites is 1. The normalized spacial score (nSPS) is 13.2. The number of nitrogens with two attached hydrogens (primary N) is 1. The van der Waals surface area contributed by atoms with Gasteiger partial charge in [0.15, 0.2) is 5.78 Å². The van der Waals surface area contributed by atoms with Gasteiger partial charge in [-0.3, -0.25) is 4.79 Å². The molecule has 37 heavy (non-hydrogen) atoms. The lowest BCUT2D eigenvalue weighted by molar-refractivity contribution is 0.0249. The Morgan fingerprint density at radius 2 is 1.78 bits per heavy atom. The topological polar surface area (TPSA) is 116 Å². The van der Waals surface area contributed by atoms with Gasteiger partial charge in [0.2, 0.25) is 10.0 Å². The molecule has 0 spiro atoms. The average Bonchev–Trinajstić information content (AvgIpc) is 3.29. The van der Waals surface area contributed by atoms with Gasteiger partial charge in [0.1, 0.15) is 11.4 Å². The number of sulfonamides is 1. The lowest BCUT2D eigenvalue weighted by Gasteiger charge is -2.27. The minimum atomic E-state index is -3.90. The number of fused-ring (bicyclic) bond motifs is 1. The Balaban J connectivity index is 1.62. The number of hydrogen-bond donors (Lipinski definition) is 1. The first-order valence-corrected chi connectivity index (χ1v) is 14.3. The third-order valence-electron chi connectivity index (χ3n) is 6.38. The van der Waals surface area contributed by atoms with Crippen LogP contribution in [0.5, 0.6) is 5.75 Å². The molecule has 2 aromatic carbocycles. The Labute approximate surface area is 220 Å². The van der Waals surface area contributed by atoms with Gasteiger partial charge in [-0.2, -0.15) is 0 Å². The second-order valence-electron chi connectivity index (χ2n) is 10.4. The van der Waals surface area contributed by atoms with Crippen LogP contribution in [0.25, 0.3) is 0 Å². The van der Waals surface area contributed by atoms with Crippen LogP contribution in [0.4, 0.5) is 4.79 Å². The van der Waals surface area contributed by atoms with E-state index in [1.54, 1.807) is 18.1 Å². The van der Waals surface area contributed by atoms with E-state index in [1.807, 2.05) is 45.0 Å². The molecule has 2 N–H and O–H groups in total. The van der Waals surface area contributed by atoms with E-state index < -0.39 is 21.7 Å². The summed E-state index contributed by atoms with van der Waals surface area (Å²) < 4.78 is 35.2. The van der Waals surface area contributed by atoms with Crippen LogP contribution in [-0.4, -0.2) is 51.0 Å². The van der Waals surface area contributed by atoms with Crippen molar-refractivity contribution in [3.8, 4) is 5.75 Å². The smallest absolute Gasteiger partial charge is 0.410 e. The lowest BCUT2D eigenvalue weighted by Crippen LogP contribution is -2.38. The number of methoxy groups -OCH3 is 1. The van der Waals surface area contributed by atoms with Gasteiger partial charge in [-0.25, -0.2) is 18.4 Å². The third-order valence-corrected chi connectivity index (χ3v) is 7.36. The number of nitrogens with zero attached hydrogens (tertiary/aromatic N) is 1. The molecule has 0 heterocycles. The summed E-state index contributed by atoms with van der Waals surface area (Å²) in [6, 6.07) is 10.9. The number of carbonyl (C=O) groups is 2. The molecular weight excluding hydrogens is 492 g/mol. The van der Waals surface area contributed by atoms with E-state index in [0.717, 1.165) is 35.3 Å². The van der Waals surface area contributed by atoms with E-state index in [0.29, 0.717) is 44.3 Å². The summed E-state index contributed by atoms with van der Waals surface area (Å²) in [4.78, 5) is 27.5. The molecule has 1 aliphatic carbocycles. The molecule has 0 fully saturated rings. The van der Waals surface area contributed by atoms with Crippen LogP contribution < -0.4 is 9.88 Å². The number of ether oxygens (including phenoxy) is 2. The van der Waals surface area contributed by atoms with Gasteiger partial charge in [-0.1, -0.05) is 18.2 Å². The van der Waals surface area contributed by atoms with Crippen LogP contribution in [0.2, 0.25) is 0 Å². The number of ketones is 1. The van der Waals surface area contributed by atoms with Gasteiger partial charge >= 0.3 is 6.09 Å². The van der Waals surface area contributed by atoms with Crippen molar-refractivity contribution in [2.75, 3.05) is 20.2 Å².